The van der Waals surface area contributed by atoms with Crippen molar-refractivity contribution in [1.82, 2.24) is 14.6 Å². The molecule has 0 amide bonds. The number of nitrogens with one attached hydrogen (secondary N) is 1. The smallest absolute Gasteiger partial charge is 0.160 e. The minimum atomic E-state index is 0.637. The topological polar surface area (TPSA) is 79.5 Å². The lowest BCUT2D eigenvalue weighted by Gasteiger charge is -2.29. The SMILES string of the molecule is C=CC(/C=N/Nc1cc(N2CCOCC2)n2nc(-c3ccc(N4CCOCC4)cc3)cc2n1)=C\C(=C)C. The van der Waals surface area contributed by atoms with Crippen LogP contribution in [0.25, 0.3) is 16.9 Å². The lowest BCUT2D eigenvalue weighted by molar-refractivity contribution is 0.122. The van der Waals surface area contributed by atoms with E-state index in [9.17, 15) is 0 Å². The third-order valence-corrected chi connectivity index (χ3v) is 6.32. The van der Waals surface area contributed by atoms with Crippen LogP contribution in [-0.2, 0) is 9.47 Å². The zero-order valence-corrected chi connectivity index (χ0v) is 21.3. The number of rotatable bonds is 8. The average molecular weight is 500 g/mol. The molecule has 2 saturated heterocycles. The van der Waals surface area contributed by atoms with E-state index in [1.54, 1.807) is 12.3 Å². The molecule has 0 radical (unpaired) electrons. The zero-order valence-electron chi connectivity index (χ0n) is 21.3. The van der Waals surface area contributed by atoms with E-state index in [1.807, 2.05) is 29.6 Å². The second kappa shape index (κ2) is 11.4. The predicted molar refractivity (Wildman–Crippen MR) is 150 cm³/mol. The van der Waals surface area contributed by atoms with Gasteiger partial charge >= 0.3 is 0 Å². The quantitative estimate of drug-likeness (QED) is 0.283. The molecule has 0 unspecified atom stereocenters. The lowest BCUT2D eigenvalue weighted by Crippen LogP contribution is -2.37. The Hall–Kier alpha value is -3.95. The van der Waals surface area contributed by atoms with Crippen LogP contribution in [0.4, 0.5) is 17.3 Å². The van der Waals surface area contributed by atoms with Crippen LogP contribution in [0.2, 0.25) is 0 Å². The Bertz CT molecular complexity index is 1310. The summed E-state index contributed by atoms with van der Waals surface area (Å²) in [4.78, 5) is 9.39. The van der Waals surface area contributed by atoms with E-state index in [2.05, 4.69) is 57.8 Å². The number of benzene rings is 1. The fourth-order valence-electron chi connectivity index (χ4n) is 4.45. The third kappa shape index (κ3) is 5.90. The third-order valence-electron chi connectivity index (χ3n) is 6.32. The van der Waals surface area contributed by atoms with E-state index >= 15 is 0 Å². The fraction of sp³-hybridized carbons (Fsp3) is 0.321. The second-order valence-electron chi connectivity index (χ2n) is 9.11. The number of ether oxygens (including phenoxy) is 2. The summed E-state index contributed by atoms with van der Waals surface area (Å²) in [5, 5.41) is 9.31. The van der Waals surface area contributed by atoms with E-state index < -0.39 is 0 Å². The minimum absolute atomic E-state index is 0.637. The van der Waals surface area contributed by atoms with Gasteiger partial charge in [-0.05, 0) is 24.6 Å². The molecule has 3 aromatic rings. The number of allylic oxidation sites excluding steroid dienone is 4. The molecule has 5 rings (SSSR count). The van der Waals surface area contributed by atoms with Gasteiger partial charge in [-0.3, -0.25) is 5.43 Å². The van der Waals surface area contributed by atoms with Crippen LogP contribution < -0.4 is 15.2 Å². The highest BCUT2D eigenvalue weighted by Gasteiger charge is 2.19. The van der Waals surface area contributed by atoms with Gasteiger partial charge in [-0.1, -0.05) is 43.0 Å². The normalized spacial score (nSPS) is 16.9. The van der Waals surface area contributed by atoms with Crippen LogP contribution in [0.5, 0.6) is 0 Å². The number of fused-ring (bicyclic) bond motifs is 1. The Labute approximate surface area is 217 Å². The predicted octanol–water partition coefficient (Wildman–Crippen LogP) is 4.16. The molecule has 2 aliphatic rings. The Morgan fingerprint density at radius 1 is 1.00 bits per heavy atom. The van der Waals surface area contributed by atoms with Crippen molar-refractivity contribution in [3.63, 3.8) is 0 Å². The van der Waals surface area contributed by atoms with E-state index in [4.69, 9.17) is 19.6 Å². The van der Waals surface area contributed by atoms with Crippen LogP contribution >= 0.6 is 0 Å². The molecule has 37 heavy (non-hydrogen) atoms. The van der Waals surface area contributed by atoms with Gasteiger partial charge in [0, 0.05) is 49.6 Å². The van der Waals surface area contributed by atoms with Crippen molar-refractivity contribution in [3.05, 3.63) is 72.9 Å². The molecule has 9 heteroatoms. The van der Waals surface area contributed by atoms with E-state index in [1.165, 1.54) is 5.69 Å². The second-order valence-corrected chi connectivity index (χ2v) is 9.11. The molecule has 192 valence electrons. The molecule has 0 saturated carbocycles. The van der Waals surface area contributed by atoms with Crippen LogP contribution in [0, 0.1) is 0 Å². The number of morpholine rings is 2. The highest BCUT2D eigenvalue weighted by Crippen LogP contribution is 2.27. The first-order chi connectivity index (χ1) is 18.1. The molecular weight excluding hydrogens is 466 g/mol. The summed E-state index contributed by atoms with van der Waals surface area (Å²) < 4.78 is 13.0. The Morgan fingerprint density at radius 2 is 1.68 bits per heavy atom. The maximum atomic E-state index is 5.57. The van der Waals surface area contributed by atoms with Gasteiger partial charge in [0.25, 0.3) is 0 Å². The summed E-state index contributed by atoms with van der Waals surface area (Å²) in [6.07, 6.45) is 5.37. The molecule has 0 spiro atoms. The number of nitrogens with zero attached hydrogens (tertiary/aromatic N) is 6. The van der Waals surface area contributed by atoms with E-state index in [0.717, 1.165) is 73.3 Å². The first-order valence-electron chi connectivity index (χ1n) is 12.6. The van der Waals surface area contributed by atoms with Crippen LogP contribution in [0.1, 0.15) is 6.92 Å². The molecule has 1 N–H and O–H groups in total. The number of hydrogen-bond acceptors (Lipinski definition) is 8. The summed E-state index contributed by atoms with van der Waals surface area (Å²) in [7, 11) is 0. The van der Waals surface area contributed by atoms with Crippen molar-refractivity contribution in [2.24, 2.45) is 5.10 Å². The van der Waals surface area contributed by atoms with E-state index in [-0.39, 0.29) is 0 Å². The highest BCUT2D eigenvalue weighted by atomic mass is 16.5. The number of aromatic nitrogens is 3. The molecule has 2 fully saturated rings. The Balaban J connectivity index is 1.45. The van der Waals surface area contributed by atoms with E-state index in [0.29, 0.717) is 19.0 Å². The van der Waals surface area contributed by atoms with Gasteiger partial charge in [-0.15, -0.1) is 0 Å². The number of anilines is 3. The summed E-state index contributed by atoms with van der Waals surface area (Å²) in [6, 6.07) is 12.5. The van der Waals surface area contributed by atoms with Crippen molar-refractivity contribution >= 4 is 29.2 Å². The largest absolute Gasteiger partial charge is 0.378 e. The van der Waals surface area contributed by atoms with Crippen molar-refractivity contribution in [2.45, 2.75) is 6.92 Å². The van der Waals surface area contributed by atoms with Gasteiger partial charge in [0.1, 0.15) is 5.82 Å². The summed E-state index contributed by atoms with van der Waals surface area (Å²) in [5.41, 5.74) is 8.73. The maximum Gasteiger partial charge on any atom is 0.160 e. The first kappa shape index (κ1) is 24.7. The van der Waals surface area contributed by atoms with Crippen LogP contribution in [0.3, 0.4) is 0 Å². The monoisotopic (exact) mass is 499 g/mol. The summed E-state index contributed by atoms with van der Waals surface area (Å²) in [6.45, 7) is 16.0. The molecular formula is C28H33N7O2. The Morgan fingerprint density at radius 3 is 2.32 bits per heavy atom. The number of hydrogen-bond donors (Lipinski definition) is 1. The molecule has 9 nitrogen and oxygen atoms in total. The minimum Gasteiger partial charge on any atom is -0.378 e. The van der Waals surface area contributed by atoms with Crippen molar-refractivity contribution in [2.75, 3.05) is 67.8 Å². The molecule has 2 aliphatic heterocycles. The van der Waals surface area contributed by atoms with Crippen molar-refractivity contribution in [1.29, 1.82) is 0 Å². The van der Waals surface area contributed by atoms with Gasteiger partial charge in [-0.25, -0.2) is 4.98 Å². The Kier molecular flexibility index (Phi) is 7.62. The molecule has 0 aliphatic carbocycles. The molecule has 0 atom stereocenters. The number of hydrazone groups is 1. The maximum absolute atomic E-state index is 5.57. The first-order valence-corrected chi connectivity index (χ1v) is 12.6. The summed E-state index contributed by atoms with van der Waals surface area (Å²) >= 11 is 0. The standard InChI is InChI=1S/C28H33N7O2/c1-4-22(17-21(2)3)20-29-31-26-19-28(34-11-15-37-16-12-34)35-27(30-26)18-25(32-35)23-5-7-24(8-6-23)33-9-13-36-14-10-33/h4-8,17-20H,1-2,9-16H2,3H3,(H,30,31)/b22-17+,29-20+. The van der Waals surface area contributed by atoms with Gasteiger partial charge < -0.3 is 19.3 Å². The molecule has 4 heterocycles. The van der Waals surface area contributed by atoms with Crippen molar-refractivity contribution < 1.29 is 9.47 Å². The zero-order chi connectivity index (χ0) is 25.6. The van der Waals surface area contributed by atoms with Gasteiger partial charge in [0.15, 0.2) is 11.5 Å². The average Bonchev–Trinajstić information content (AvgIpc) is 3.37. The van der Waals surface area contributed by atoms with Gasteiger partial charge in [0.05, 0.1) is 38.3 Å². The lowest BCUT2D eigenvalue weighted by atomic mass is 10.1. The summed E-state index contributed by atoms with van der Waals surface area (Å²) in [5.74, 6) is 1.58. The molecule has 1 aromatic carbocycles. The molecule has 0 bridgehead atoms. The van der Waals surface area contributed by atoms with Gasteiger partial charge in [0.2, 0.25) is 0 Å². The highest BCUT2D eigenvalue weighted by molar-refractivity contribution is 5.83. The van der Waals surface area contributed by atoms with Crippen LogP contribution in [-0.4, -0.2) is 73.4 Å². The molecule has 2 aromatic heterocycles. The van der Waals surface area contributed by atoms with Crippen molar-refractivity contribution in [3.8, 4) is 11.3 Å². The fourth-order valence-corrected chi connectivity index (χ4v) is 4.45. The van der Waals surface area contributed by atoms with Gasteiger partial charge in [-0.2, -0.15) is 14.7 Å². The van der Waals surface area contributed by atoms with Crippen LogP contribution in [0.15, 0.2) is 78.0 Å².